The van der Waals surface area contributed by atoms with Gasteiger partial charge in [0.25, 0.3) is 5.91 Å². The summed E-state index contributed by atoms with van der Waals surface area (Å²) in [7, 11) is 0. The zero-order valence-electron chi connectivity index (χ0n) is 13.5. The molecule has 7 heteroatoms. The summed E-state index contributed by atoms with van der Waals surface area (Å²) in [5.41, 5.74) is 1.71. The number of carbonyl (C=O) groups excluding carboxylic acids is 1. The summed E-state index contributed by atoms with van der Waals surface area (Å²) < 4.78 is 40.9. The maximum atomic E-state index is 13.7. The van der Waals surface area contributed by atoms with E-state index in [2.05, 4.69) is 26.2 Å². The first kappa shape index (κ1) is 18.1. The molecule has 1 aromatic heterocycles. The Labute approximate surface area is 156 Å². The SMILES string of the molecule is Cc1nc(-c2cccc(Br)c2)ccc1C(=O)Nc1ccc(F)c(F)c1F. The third-order valence-corrected chi connectivity index (χ3v) is 4.23. The number of rotatable bonds is 3. The van der Waals surface area contributed by atoms with Crippen LogP contribution in [-0.2, 0) is 0 Å². The maximum absolute atomic E-state index is 13.7. The first-order valence-electron chi connectivity index (χ1n) is 7.55. The smallest absolute Gasteiger partial charge is 0.257 e. The third-order valence-electron chi connectivity index (χ3n) is 3.73. The number of halogens is 4. The van der Waals surface area contributed by atoms with Crippen LogP contribution in [0, 0.1) is 24.4 Å². The predicted molar refractivity (Wildman–Crippen MR) is 96.4 cm³/mol. The number of carbonyl (C=O) groups is 1. The van der Waals surface area contributed by atoms with Crippen molar-refractivity contribution in [1.29, 1.82) is 0 Å². The number of aromatic nitrogens is 1. The van der Waals surface area contributed by atoms with Crippen LogP contribution < -0.4 is 5.32 Å². The molecular formula is C19H12BrF3N2O. The van der Waals surface area contributed by atoms with E-state index in [1.54, 1.807) is 19.1 Å². The van der Waals surface area contributed by atoms with E-state index in [0.717, 1.165) is 22.2 Å². The Morgan fingerprint density at radius 2 is 1.81 bits per heavy atom. The highest BCUT2D eigenvalue weighted by Gasteiger charge is 2.17. The molecule has 0 saturated carbocycles. The van der Waals surface area contributed by atoms with Crippen molar-refractivity contribution in [3.8, 4) is 11.3 Å². The minimum absolute atomic E-state index is 0.202. The van der Waals surface area contributed by atoms with Crippen LogP contribution in [0.5, 0.6) is 0 Å². The normalized spacial score (nSPS) is 10.7. The molecule has 3 nitrogen and oxygen atoms in total. The Morgan fingerprint density at radius 1 is 1.04 bits per heavy atom. The molecule has 0 fully saturated rings. The van der Waals surface area contributed by atoms with E-state index < -0.39 is 29.0 Å². The fraction of sp³-hybridized carbons (Fsp3) is 0.0526. The first-order valence-corrected chi connectivity index (χ1v) is 8.34. The monoisotopic (exact) mass is 420 g/mol. The van der Waals surface area contributed by atoms with Gasteiger partial charge in [-0.3, -0.25) is 9.78 Å². The van der Waals surface area contributed by atoms with Crippen LogP contribution in [-0.4, -0.2) is 10.9 Å². The zero-order chi connectivity index (χ0) is 18.8. The fourth-order valence-electron chi connectivity index (χ4n) is 2.42. The van der Waals surface area contributed by atoms with E-state index in [9.17, 15) is 18.0 Å². The predicted octanol–water partition coefficient (Wildman–Crippen LogP) is 5.49. The van der Waals surface area contributed by atoms with Crippen molar-refractivity contribution in [2.45, 2.75) is 6.92 Å². The topological polar surface area (TPSA) is 42.0 Å². The molecule has 1 amide bonds. The van der Waals surface area contributed by atoms with Gasteiger partial charge in [-0.2, -0.15) is 0 Å². The molecule has 3 aromatic rings. The van der Waals surface area contributed by atoms with E-state index >= 15 is 0 Å². The van der Waals surface area contributed by atoms with Gasteiger partial charge in [0, 0.05) is 10.0 Å². The number of hydrogen-bond donors (Lipinski definition) is 1. The van der Waals surface area contributed by atoms with E-state index in [4.69, 9.17) is 0 Å². The van der Waals surface area contributed by atoms with Crippen LogP contribution in [0.3, 0.4) is 0 Å². The van der Waals surface area contributed by atoms with Gasteiger partial charge in [0.1, 0.15) is 0 Å². The number of pyridine rings is 1. The second-order valence-corrected chi connectivity index (χ2v) is 6.43. The lowest BCUT2D eigenvalue weighted by atomic mass is 10.1. The average Bonchev–Trinajstić information content (AvgIpc) is 2.62. The Morgan fingerprint density at radius 3 is 2.50 bits per heavy atom. The number of amides is 1. The Balaban J connectivity index is 1.88. The molecule has 0 spiro atoms. The van der Waals surface area contributed by atoms with Crippen LogP contribution in [0.25, 0.3) is 11.3 Å². The maximum Gasteiger partial charge on any atom is 0.257 e. The molecule has 0 bridgehead atoms. The molecule has 0 radical (unpaired) electrons. The third kappa shape index (κ3) is 3.62. The van der Waals surface area contributed by atoms with Crippen LogP contribution in [0.1, 0.15) is 16.1 Å². The van der Waals surface area contributed by atoms with E-state index in [1.807, 2.05) is 24.3 Å². The van der Waals surface area contributed by atoms with Gasteiger partial charge >= 0.3 is 0 Å². The number of benzene rings is 2. The number of hydrogen-bond acceptors (Lipinski definition) is 2. The summed E-state index contributed by atoms with van der Waals surface area (Å²) in [4.78, 5) is 16.7. The number of anilines is 1. The lowest BCUT2D eigenvalue weighted by Gasteiger charge is -2.10. The molecule has 0 saturated heterocycles. The second-order valence-electron chi connectivity index (χ2n) is 5.52. The quantitative estimate of drug-likeness (QED) is 0.569. The van der Waals surface area contributed by atoms with Crippen molar-refractivity contribution < 1.29 is 18.0 Å². The van der Waals surface area contributed by atoms with Crippen LogP contribution >= 0.6 is 15.9 Å². The molecule has 3 rings (SSSR count). The minimum Gasteiger partial charge on any atom is -0.319 e. The van der Waals surface area contributed by atoms with Gasteiger partial charge in [-0.1, -0.05) is 28.1 Å². The molecule has 0 aliphatic heterocycles. The summed E-state index contributed by atoms with van der Waals surface area (Å²) >= 11 is 3.39. The molecule has 0 aliphatic rings. The summed E-state index contributed by atoms with van der Waals surface area (Å²) in [6.45, 7) is 1.64. The number of aryl methyl sites for hydroxylation is 1. The Kier molecular flexibility index (Phi) is 5.08. The van der Waals surface area contributed by atoms with Crippen molar-refractivity contribution in [1.82, 2.24) is 4.98 Å². The van der Waals surface area contributed by atoms with E-state index in [1.165, 1.54) is 0 Å². The molecule has 0 atom stereocenters. The highest BCUT2D eigenvalue weighted by atomic mass is 79.9. The molecule has 1 N–H and O–H groups in total. The fourth-order valence-corrected chi connectivity index (χ4v) is 2.82. The Bertz CT molecular complexity index is 1010. The number of nitrogens with one attached hydrogen (secondary N) is 1. The molecular weight excluding hydrogens is 409 g/mol. The summed E-state index contributed by atoms with van der Waals surface area (Å²) in [5, 5.41) is 2.24. The lowest BCUT2D eigenvalue weighted by molar-refractivity contribution is 0.102. The summed E-state index contributed by atoms with van der Waals surface area (Å²) in [5.74, 6) is -5.07. The average molecular weight is 421 g/mol. The molecule has 1 heterocycles. The zero-order valence-corrected chi connectivity index (χ0v) is 15.1. The first-order chi connectivity index (χ1) is 12.4. The number of nitrogens with zero attached hydrogens (tertiary/aromatic N) is 1. The highest BCUT2D eigenvalue weighted by Crippen LogP contribution is 2.24. The highest BCUT2D eigenvalue weighted by molar-refractivity contribution is 9.10. The van der Waals surface area contributed by atoms with E-state index in [-0.39, 0.29) is 5.56 Å². The molecule has 0 unspecified atom stereocenters. The lowest BCUT2D eigenvalue weighted by Crippen LogP contribution is -2.16. The molecule has 26 heavy (non-hydrogen) atoms. The van der Waals surface area contributed by atoms with Gasteiger partial charge in [-0.25, -0.2) is 13.2 Å². The van der Waals surface area contributed by atoms with Crippen LogP contribution in [0.2, 0.25) is 0 Å². The van der Waals surface area contributed by atoms with E-state index in [0.29, 0.717) is 11.4 Å². The van der Waals surface area contributed by atoms with Crippen LogP contribution in [0.4, 0.5) is 18.9 Å². The van der Waals surface area contributed by atoms with Crippen molar-refractivity contribution in [2.24, 2.45) is 0 Å². The van der Waals surface area contributed by atoms with Gasteiger partial charge in [-0.05, 0) is 43.3 Å². The second kappa shape index (κ2) is 7.29. The van der Waals surface area contributed by atoms with Gasteiger partial charge in [-0.15, -0.1) is 0 Å². The van der Waals surface area contributed by atoms with Gasteiger partial charge in [0.15, 0.2) is 17.5 Å². The van der Waals surface area contributed by atoms with Crippen molar-refractivity contribution in [3.63, 3.8) is 0 Å². The largest absolute Gasteiger partial charge is 0.319 e. The van der Waals surface area contributed by atoms with Gasteiger partial charge < -0.3 is 5.32 Å². The van der Waals surface area contributed by atoms with Gasteiger partial charge in [0.05, 0.1) is 22.6 Å². The van der Waals surface area contributed by atoms with Crippen LogP contribution in [0.15, 0.2) is 53.0 Å². The van der Waals surface area contributed by atoms with Crippen molar-refractivity contribution in [2.75, 3.05) is 5.32 Å². The summed E-state index contributed by atoms with van der Waals surface area (Å²) in [6, 6.07) is 12.4. The summed E-state index contributed by atoms with van der Waals surface area (Å²) in [6.07, 6.45) is 0. The standard InChI is InChI=1S/C19H12BrF3N2O/c1-10-13(5-7-15(24-10)11-3-2-4-12(20)9-11)19(26)25-16-8-6-14(21)17(22)18(16)23/h2-9H,1H3,(H,25,26). The molecule has 2 aromatic carbocycles. The van der Waals surface area contributed by atoms with Crippen molar-refractivity contribution >= 4 is 27.5 Å². The molecule has 132 valence electrons. The Hall–Kier alpha value is -2.67. The minimum atomic E-state index is -1.64. The van der Waals surface area contributed by atoms with Crippen molar-refractivity contribution in [3.05, 3.63) is 81.7 Å². The van der Waals surface area contributed by atoms with Gasteiger partial charge in [0.2, 0.25) is 0 Å². The molecule has 0 aliphatic carbocycles.